The van der Waals surface area contributed by atoms with Crippen LogP contribution in [-0.4, -0.2) is 8.42 Å². The Morgan fingerprint density at radius 1 is 0.778 bits per heavy atom. The first kappa shape index (κ1) is 12.4. The molecule has 0 saturated carbocycles. The van der Waals surface area contributed by atoms with Crippen LogP contribution in [0.3, 0.4) is 0 Å². The molecule has 0 fully saturated rings. The van der Waals surface area contributed by atoms with Crippen LogP contribution in [0.5, 0.6) is 17.2 Å². The van der Waals surface area contributed by atoms with Gasteiger partial charge >= 0.3 is 10.5 Å². The molecule has 0 heterocycles. The molecule has 0 saturated heterocycles. The Labute approximate surface area is 104 Å². The van der Waals surface area contributed by atoms with Crippen LogP contribution in [0.4, 0.5) is 3.89 Å². The van der Waals surface area contributed by atoms with E-state index in [1.165, 1.54) is 24.3 Å². The molecule has 18 heavy (non-hydrogen) atoms. The summed E-state index contributed by atoms with van der Waals surface area (Å²) in [4.78, 5) is 0. The minimum absolute atomic E-state index is 0.113. The third-order valence-electron chi connectivity index (χ3n) is 2.00. The fourth-order valence-electron chi connectivity index (χ4n) is 1.30. The summed E-state index contributed by atoms with van der Waals surface area (Å²) in [5.41, 5.74) is 0. The fourth-order valence-corrected chi connectivity index (χ4v) is 1.64. The molecule has 0 radical (unpaired) electrons. The van der Waals surface area contributed by atoms with Gasteiger partial charge in [0, 0.05) is 0 Å². The SMILES string of the molecule is O=S(=O)(F)Oc1ccc(Oc2ccccc2)cc1. The summed E-state index contributed by atoms with van der Waals surface area (Å²) in [6.07, 6.45) is 0. The van der Waals surface area contributed by atoms with Gasteiger partial charge in [0.05, 0.1) is 0 Å². The molecule has 2 aromatic carbocycles. The second-order valence-corrected chi connectivity index (χ2v) is 4.32. The molecular weight excluding hydrogens is 259 g/mol. The lowest BCUT2D eigenvalue weighted by Crippen LogP contribution is -2.00. The standard InChI is InChI=1S/C12H9FO4S/c13-18(14,15)17-12-8-6-11(7-9-12)16-10-4-2-1-3-5-10/h1-9H. The van der Waals surface area contributed by atoms with Gasteiger partial charge in [-0.1, -0.05) is 22.1 Å². The topological polar surface area (TPSA) is 52.6 Å². The number of hydrogen-bond donors (Lipinski definition) is 0. The molecule has 2 rings (SSSR count). The van der Waals surface area contributed by atoms with Crippen molar-refractivity contribution < 1.29 is 21.2 Å². The summed E-state index contributed by atoms with van der Waals surface area (Å²) >= 11 is 0. The van der Waals surface area contributed by atoms with Crippen LogP contribution in [0.2, 0.25) is 0 Å². The Balaban J connectivity index is 2.09. The number of halogens is 1. The minimum Gasteiger partial charge on any atom is -0.457 e. The van der Waals surface area contributed by atoms with Crippen LogP contribution < -0.4 is 8.92 Å². The van der Waals surface area contributed by atoms with Gasteiger partial charge in [-0.2, -0.15) is 8.42 Å². The molecule has 0 aromatic heterocycles. The van der Waals surface area contributed by atoms with Gasteiger partial charge in [0.25, 0.3) is 0 Å². The van der Waals surface area contributed by atoms with Crippen LogP contribution in [-0.2, 0) is 10.5 Å². The molecule has 0 spiro atoms. The molecule has 0 aliphatic carbocycles. The Morgan fingerprint density at radius 2 is 1.28 bits per heavy atom. The van der Waals surface area contributed by atoms with Gasteiger partial charge in [-0.25, -0.2) is 0 Å². The van der Waals surface area contributed by atoms with E-state index >= 15 is 0 Å². The van der Waals surface area contributed by atoms with Crippen molar-refractivity contribution in [2.24, 2.45) is 0 Å². The maximum atomic E-state index is 12.2. The summed E-state index contributed by atoms with van der Waals surface area (Å²) in [5, 5.41) is 0. The van der Waals surface area contributed by atoms with Crippen molar-refractivity contribution in [1.29, 1.82) is 0 Å². The first-order valence-electron chi connectivity index (χ1n) is 5.00. The number of para-hydroxylation sites is 1. The Bertz CT molecular complexity index is 608. The van der Waals surface area contributed by atoms with Crippen molar-refractivity contribution in [2.45, 2.75) is 0 Å². The van der Waals surface area contributed by atoms with Crippen LogP contribution in [0.15, 0.2) is 54.6 Å². The number of benzene rings is 2. The summed E-state index contributed by atoms with van der Waals surface area (Å²) in [6.45, 7) is 0. The Hall–Kier alpha value is -2.08. The zero-order valence-corrected chi connectivity index (χ0v) is 9.93. The van der Waals surface area contributed by atoms with Crippen LogP contribution in [0, 0.1) is 0 Å². The molecular formula is C12H9FO4S. The van der Waals surface area contributed by atoms with Gasteiger partial charge < -0.3 is 8.92 Å². The monoisotopic (exact) mass is 268 g/mol. The zero-order chi connectivity index (χ0) is 13.0. The van der Waals surface area contributed by atoms with Crippen molar-refractivity contribution in [3.63, 3.8) is 0 Å². The first-order valence-corrected chi connectivity index (χ1v) is 6.31. The summed E-state index contributed by atoms with van der Waals surface area (Å²) < 4.78 is 42.3. The summed E-state index contributed by atoms with van der Waals surface area (Å²) in [7, 11) is -4.99. The van der Waals surface area contributed by atoms with E-state index in [1.807, 2.05) is 18.2 Å². The van der Waals surface area contributed by atoms with E-state index < -0.39 is 10.5 Å². The lowest BCUT2D eigenvalue weighted by atomic mass is 10.3. The Morgan fingerprint density at radius 3 is 1.83 bits per heavy atom. The molecule has 2 aromatic rings. The third kappa shape index (κ3) is 3.74. The molecule has 0 N–H and O–H groups in total. The number of ether oxygens (including phenoxy) is 1. The second kappa shape index (κ2) is 5.05. The second-order valence-electron chi connectivity index (χ2n) is 3.36. The summed E-state index contributed by atoms with van der Waals surface area (Å²) in [5.74, 6) is 1.02. The van der Waals surface area contributed by atoms with E-state index in [0.717, 1.165) is 0 Å². The average molecular weight is 268 g/mol. The van der Waals surface area contributed by atoms with Crippen molar-refractivity contribution in [3.05, 3.63) is 54.6 Å². The molecule has 6 heteroatoms. The fraction of sp³-hybridized carbons (Fsp3) is 0. The van der Waals surface area contributed by atoms with Crippen molar-refractivity contribution in [3.8, 4) is 17.2 Å². The van der Waals surface area contributed by atoms with Crippen LogP contribution in [0.25, 0.3) is 0 Å². The molecule has 0 aliphatic heterocycles. The van der Waals surface area contributed by atoms with Gasteiger partial charge in [-0.15, -0.1) is 0 Å². The molecule has 0 atom stereocenters. The lowest BCUT2D eigenvalue weighted by Gasteiger charge is -2.05. The van der Waals surface area contributed by atoms with Crippen molar-refractivity contribution >= 4 is 10.5 Å². The quantitative estimate of drug-likeness (QED) is 0.800. The first-order chi connectivity index (χ1) is 8.53. The zero-order valence-electron chi connectivity index (χ0n) is 9.12. The minimum atomic E-state index is -4.99. The predicted octanol–water partition coefficient (Wildman–Crippen LogP) is 3.07. The van der Waals surface area contributed by atoms with Gasteiger partial charge in [-0.05, 0) is 36.4 Å². The summed E-state index contributed by atoms with van der Waals surface area (Å²) in [6, 6.07) is 14.6. The van der Waals surface area contributed by atoms with E-state index in [-0.39, 0.29) is 5.75 Å². The molecule has 0 aliphatic rings. The highest BCUT2D eigenvalue weighted by Crippen LogP contribution is 2.24. The average Bonchev–Trinajstić information content (AvgIpc) is 2.31. The van der Waals surface area contributed by atoms with E-state index in [9.17, 15) is 12.3 Å². The predicted molar refractivity (Wildman–Crippen MR) is 63.6 cm³/mol. The molecule has 0 bridgehead atoms. The molecule has 4 nitrogen and oxygen atoms in total. The number of hydrogen-bond acceptors (Lipinski definition) is 4. The number of rotatable bonds is 4. The highest BCUT2D eigenvalue weighted by Gasteiger charge is 2.09. The van der Waals surface area contributed by atoms with E-state index in [1.54, 1.807) is 12.1 Å². The van der Waals surface area contributed by atoms with E-state index in [0.29, 0.717) is 11.5 Å². The van der Waals surface area contributed by atoms with E-state index in [2.05, 4.69) is 4.18 Å². The lowest BCUT2D eigenvalue weighted by molar-refractivity contribution is 0.438. The highest BCUT2D eigenvalue weighted by molar-refractivity contribution is 7.81. The van der Waals surface area contributed by atoms with Crippen LogP contribution in [0.1, 0.15) is 0 Å². The highest BCUT2D eigenvalue weighted by atomic mass is 32.3. The van der Waals surface area contributed by atoms with E-state index in [4.69, 9.17) is 4.74 Å². The largest absolute Gasteiger partial charge is 0.488 e. The normalized spacial score (nSPS) is 10.9. The van der Waals surface area contributed by atoms with Crippen molar-refractivity contribution in [1.82, 2.24) is 0 Å². The molecule has 94 valence electrons. The van der Waals surface area contributed by atoms with Gasteiger partial charge in [0.15, 0.2) is 0 Å². The smallest absolute Gasteiger partial charge is 0.457 e. The molecule has 0 amide bonds. The van der Waals surface area contributed by atoms with Gasteiger partial charge in [0.2, 0.25) is 0 Å². The van der Waals surface area contributed by atoms with Crippen LogP contribution >= 0.6 is 0 Å². The third-order valence-corrected chi connectivity index (χ3v) is 2.39. The molecule has 0 unspecified atom stereocenters. The maximum Gasteiger partial charge on any atom is 0.488 e. The Kier molecular flexibility index (Phi) is 3.47. The maximum absolute atomic E-state index is 12.2. The van der Waals surface area contributed by atoms with Gasteiger partial charge in [0.1, 0.15) is 17.2 Å². The van der Waals surface area contributed by atoms with Crippen molar-refractivity contribution in [2.75, 3.05) is 0 Å². The van der Waals surface area contributed by atoms with Gasteiger partial charge in [-0.3, -0.25) is 0 Å².